The first kappa shape index (κ1) is 17.0. The molecule has 0 radical (unpaired) electrons. The van der Waals surface area contributed by atoms with Crippen LogP contribution in [0.3, 0.4) is 0 Å². The molecule has 0 aliphatic rings. The number of esters is 2. The van der Waals surface area contributed by atoms with Gasteiger partial charge >= 0.3 is 17.9 Å². The van der Waals surface area contributed by atoms with Crippen molar-refractivity contribution in [1.29, 1.82) is 0 Å². The van der Waals surface area contributed by atoms with Gasteiger partial charge in [0.2, 0.25) is 5.91 Å². The number of aliphatic carboxylic acids is 1. The molecule has 19 heavy (non-hydrogen) atoms. The number of hydrogen-bond donors (Lipinski definition) is 4. The zero-order chi connectivity index (χ0) is 15.0. The maximum absolute atomic E-state index is 11.3. The monoisotopic (exact) mass is 275 g/mol. The van der Waals surface area contributed by atoms with E-state index in [0.29, 0.717) is 0 Å². The molecule has 0 heterocycles. The van der Waals surface area contributed by atoms with Crippen LogP contribution in [-0.2, 0) is 23.9 Å². The van der Waals surface area contributed by atoms with Crippen molar-refractivity contribution in [3.8, 4) is 0 Å². The van der Waals surface area contributed by atoms with Gasteiger partial charge in [0, 0.05) is 12.8 Å². The van der Waals surface area contributed by atoms with E-state index in [-0.39, 0.29) is 25.7 Å². The molecule has 0 saturated heterocycles. The predicted octanol–water partition coefficient (Wildman–Crippen LogP) is -2.16. The van der Waals surface area contributed by atoms with E-state index in [9.17, 15) is 19.2 Å². The number of rotatable bonds is 8. The van der Waals surface area contributed by atoms with E-state index in [2.05, 4.69) is 4.74 Å². The van der Waals surface area contributed by atoms with Gasteiger partial charge < -0.3 is 27.0 Å². The van der Waals surface area contributed by atoms with Crippen molar-refractivity contribution in [3.05, 3.63) is 0 Å². The lowest BCUT2D eigenvalue weighted by atomic mass is 10.1. The van der Waals surface area contributed by atoms with Crippen molar-refractivity contribution < 1.29 is 29.0 Å². The van der Waals surface area contributed by atoms with Crippen LogP contribution in [0.25, 0.3) is 0 Å². The fourth-order valence-electron chi connectivity index (χ4n) is 1.06. The van der Waals surface area contributed by atoms with Crippen molar-refractivity contribution in [3.63, 3.8) is 0 Å². The van der Waals surface area contributed by atoms with Crippen molar-refractivity contribution >= 4 is 23.8 Å². The van der Waals surface area contributed by atoms with Crippen LogP contribution >= 0.6 is 0 Å². The first-order valence-electron chi connectivity index (χ1n) is 5.50. The average Bonchev–Trinajstić information content (AvgIpc) is 2.32. The van der Waals surface area contributed by atoms with Gasteiger partial charge in [-0.05, 0) is 12.8 Å². The molecule has 7 N–H and O–H groups in total. The van der Waals surface area contributed by atoms with Crippen molar-refractivity contribution in [1.82, 2.24) is 0 Å². The molecule has 0 saturated carbocycles. The maximum Gasteiger partial charge on any atom is 0.330 e. The molecule has 9 nitrogen and oxygen atoms in total. The zero-order valence-electron chi connectivity index (χ0n) is 10.2. The molecule has 1 amide bonds. The SMILES string of the molecule is NC(=O)CC[C@H](N)C(=O)OC(=O)[C@@H](N)CCC(=O)O. The van der Waals surface area contributed by atoms with Gasteiger partial charge in [0.15, 0.2) is 0 Å². The normalized spacial score (nSPS) is 13.4. The number of primary amides is 1. The highest BCUT2D eigenvalue weighted by Gasteiger charge is 2.23. The molecule has 0 rings (SSSR count). The van der Waals surface area contributed by atoms with Crippen LogP contribution in [0.1, 0.15) is 25.7 Å². The summed E-state index contributed by atoms with van der Waals surface area (Å²) in [4.78, 5) is 43.4. The standard InChI is InChI=1S/C10H17N3O6/c11-5(1-3-7(13)14)9(17)19-10(18)6(12)2-4-8(15)16/h5-6H,1-4,11-12H2,(H2,13,14)(H,15,16)/t5-,6-/m0/s1. The van der Waals surface area contributed by atoms with E-state index in [0.717, 1.165) is 0 Å². The second-order valence-electron chi connectivity index (χ2n) is 3.89. The molecule has 0 aromatic rings. The molecule has 9 heteroatoms. The Morgan fingerprint density at radius 2 is 1.37 bits per heavy atom. The third-order valence-electron chi connectivity index (χ3n) is 2.18. The van der Waals surface area contributed by atoms with Crippen LogP contribution in [-0.4, -0.2) is 41.0 Å². The smallest absolute Gasteiger partial charge is 0.330 e. The lowest BCUT2D eigenvalue weighted by Gasteiger charge is -2.12. The number of carboxylic acids is 1. The summed E-state index contributed by atoms with van der Waals surface area (Å²) < 4.78 is 4.37. The van der Waals surface area contributed by atoms with Gasteiger partial charge in [-0.2, -0.15) is 0 Å². The minimum Gasteiger partial charge on any atom is -0.481 e. The van der Waals surface area contributed by atoms with Gasteiger partial charge in [-0.1, -0.05) is 0 Å². The van der Waals surface area contributed by atoms with E-state index in [1.807, 2.05) is 0 Å². The van der Waals surface area contributed by atoms with E-state index < -0.39 is 35.9 Å². The Bertz CT molecular complexity index is 336. The summed E-state index contributed by atoms with van der Waals surface area (Å²) in [5.74, 6) is -3.83. The first-order valence-corrected chi connectivity index (χ1v) is 5.50. The molecule has 0 aliphatic heterocycles. The van der Waals surface area contributed by atoms with Gasteiger partial charge in [-0.3, -0.25) is 9.59 Å². The Hall–Kier alpha value is -2.00. The Balaban J connectivity index is 4.12. The van der Waals surface area contributed by atoms with Crippen molar-refractivity contribution in [2.45, 2.75) is 37.8 Å². The highest BCUT2D eigenvalue weighted by atomic mass is 16.6. The maximum atomic E-state index is 11.3. The lowest BCUT2D eigenvalue weighted by molar-refractivity contribution is -0.161. The number of ether oxygens (including phenoxy) is 1. The molecule has 0 aromatic heterocycles. The highest BCUT2D eigenvalue weighted by Crippen LogP contribution is 2.01. The number of carboxylic acid groups (broad SMARTS) is 1. The Morgan fingerprint density at radius 3 is 1.74 bits per heavy atom. The number of carbonyl (C=O) groups excluding carboxylic acids is 3. The average molecular weight is 275 g/mol. The predicted molar refractivity (Wildman–Crippen MR) is 62.3 cm³/mol. The minimum absolute atomic E-state index is 0.0498. The summed E-state index contributed by atoms with van der Waals surface area (Å²) in [5.41, 5.74) is 15.6. The summed E-state index contributed by atoms with van der Waals surface area (Å²) in [6, 6.07) is -2.38. The van der Waals surface area contributed by atoms with Crippen LogP contribution < -0.4 is 17.2 Å². The zero-order valence-corrected chi connectivity index (χ0v) is 10.2. The molecule has 108 valence electrons. The van der Waals surface area contributed by atoms with E-state index in [4.69, 9.17) is 22.3 Å². The van der Waals surface area contributed by atoms with Crippen molar-refractivity contribution in [2.75, 3.05) is 0 Å². The Labute approximate surface area is 109 Å². The Kier molecular flexibility index (Phi) is 7.30. The van der Waals surface area contributed by atoms with Gasteiger partial charge in [0.1, 0.15) is 12.1 Å². The number of amides is 1. The molecule has 0 spiro atoms. The van der Waals surface area contributed by atoms with Crippen molar-refractivity contribution in [2.24, 2.45) is 17.2 Å². The molecule has 2 atom stereocenters. The van der Waals surface area contributed by atoms with Crippen LogP contribution in [0, 0.1) is 0 Å². The molecular formula is C10H17N3O6. The quantitative estimate of drug-likeness (QED) is 0.286. The van der Waals surface area contributed by atoms with Gasteiger partial charge in [-0.25, -0.2) is 9.59 Å². The molecular weight excluding hydrogens is 258 g/mol. The summed E-state index contributed by atoms with van der Waals surface area (Å²) in [6.45, 7) is 0. The van der Waals surface area contributed by atoms with Gasteiger partial charge in [0.25, 0.3) is 0 Å². The summed E-state index contributed by atoms with van der Waals surface area (Å²) in [5, 5.41) is 8.40. The number of carbonyl (C=O) groups is 4. The number of nitrogens with two attached hydrogens (primary N) is 3. The fourth-order valence-corrected chi connectivity index (χ4v) is 1.06. The molecule has 0 unspecified atom stereocenters. The van der Waals surface area contributed by atoms with Crippen LogP contribution in [0.15, 0.2) is 0 Å². The largest absolute Gasteiger partial charge is 0.481 e. The second kappa shape index (κ2) is 8.16. The Morgan fingerprint density at radius 1 is 0.947 bits per heavy atom. The number of hydrogen-bond acceptors (Lipinski definition) is 7. The molecule has 0 aromatic carbocycles. The third kappa shape index (κ3) is 7.84. The summed E-state index contributed by atoms with van der Waals surface area (Å²) >= 11 is 0. The lowest BCUT2D eigenvalue weighted by Crippen LogP contribution is -2.40. The van der Waals surface area contributed by atoms with E-state index in [1.54, 1.807) is 0 Å². The van der Waals surface area contributed by atoms with Gasteiger partial charge in [-0.15, -0.1) is 0 Å². The first-order chi connectivity index (χ1) is 8.73. The van der Waals surface area contributed by atoms with Crippen LogP contribution in [0.4, 0.5) is 0 Å². The van der Waals surface area contributed by atoms with Crippen LogP contribution in [0.2, 0.25) is 0 Å². The highest BCUT2D eigenvalue weighted by molar-refractivity contribution is 5.91. The summed E-state index contributed by atoms with van der Waals surface area (Å²) in [6.07, 6.45) is -0.641. The second-order valence-corrected chi connectivity index (χ2v) is 3.89. The topological polar surface area (TPSA) is 176 Å². The van der Waals surface area contributed by atoms with E-state index >= 15 is 0 Å². The third-order valence-corrected chi connectivity index (χ3v) is 2.18. The minimum atomic E-state index is -1.22. The molecule has 0 bridgehead atoms. The molecule has 0 fully saturated rings. The van der Waals surface area contributed by atoms with E-state index in [1.165, 1.54) is 0 Å². The van der Waals surface area contributed by atoms with Gasteiger partial charge in [0.05, 0.1) is 0 Å². The molecule has 0 aliphatic carbocycles. The van der Waals surface area contributed by atoms with Crippen LogP contribution in [0.5, 0.6) is 0 Å². The fraction of sp³-hybridized carbons (Fsp3) is 0.600. The summed E-state index contributed by atoms with van der Waals surface area (Å²) in [7, 11) is 0.